The lowest BCUT2D eigenvalue weighted by Gasteiger charge is -2.00. The van der Waals surface area contributed by atoms with Gasteiger partial charge in [0.15, 0.2) is 0 Å². The SMILES string of the molecule is [B]OC(=O)CCCCCCCCC. The minimum atomic E-state index is -0.298. The van der Waals surface area contributed by atoms with Crippen molar-refractivity contribution in [3.63, 3.8) is 0 Å². The van der Waals surface area contributed by atoms with Gasteiger partial charge >= 0.3 is 8.05 Å². The van der Waals surface area contributed by atoms with E-state index in [1.54, 1.807) is 0 Å². The summed E-state index contributed by atoms with van der Waals surface area (Å²) < 4.78 is 4.06. The molecular formula is C10H19BO2. The van der Waals surface area contributed by atoms with Crippen LogP contribution in [0, 0.1) is 0 Å². The van der Waals surface area contributed by atoms with Crippen LogP contribution < -0.4 is 0 Å². The summed E-state index contributed by atoms with van der Waals surface area (Å²) >= 11 is 0. The van der Waals surface area contributed by atoms with Crippen LogP contribution in [0.1, 0.15) is 58.3 Å². The Morgan fingerprint density at radius 3 is 2.15 bits per heavy atom. The molecule has 2 nitrogen and oxygen atoms in total. The zero-order chi connectivity index (χ0) is 9.94. The van der Waals surface area contributed by atoms with Crippen molar-refractivity contribution in [1.29, 1.82) is 0 Å². The second-order valence-corrected chi connectivity index (χ2v) is 3.36. The minimum absolute atomic E-state index is 0.298. The Bertz CT molecular complexity index is 126. The van der Waals surface area contributed by atoms with Gasteiger partial charge in [0.25, 0.3) is 5.97 Å². The Morgan fingerprint density at radius 2 is 1.62 bits per heavy atom. The van der Waals surface area contributed by atoms with Crippen LogP contribution >= 0.6 is 0 Å². The number of carbonyl (C=O) groups is 1. The number of hydrogen-bond acceptors (Lipinski definition) is 2. The van der Waals surface area contributed by atoms with E-state index in [4.69, 9.17) is 8.05 Å². The number of rotatable bonds is 8. The molecule has 2 radical (unpaired) electrons. The quantitative estimate of drug-likeness (QED) is 0.426. The van der Waals surface area contributed by atoms with E-state index in [9.17, 15) is 4.79 Å². The minimum Gasteiger partial charge on any atom is -0.543 e. The van der Waals surface area contributed by atoms with E-state index in [-0.39, 0.29) is 5.97 Å². The summed E-state index contributed by atoms with van der Waals surface area (Å²) in [5, 5.41) is 0. The predicted molar refractivity (Wildman–Crippen MR) is 54.5 cm³/mol. The maximum Gasteiger partial charge on any atom is 0.378 e. The smallest absolute Gasteiger partial charge is 0.378 e. The standard InChI is InChI=1S/C10H19BO2/c1-2-3-4-5-6-7-8-9-10(12)13-11/h2-9H2,1H3. The fourth-order valence-corrected chi connectivity index (χ4v) is 1.29. The molecule has 0 saturated heterocycles. The Kier molecular flexibility index (Phi) is 9.28. The van der Waals surface area contributed by atoms with Crippen molar-refractivity contribution in [3.05, 3.63) is 0 Å². The van der Waals surface area contributed by atoms with Gasteiger partial charge in [0, 0.05) is 6.42 Å². The molecule has 0 aliphatic rings. The van der Waals surface area contributed by atoms with Crippen LogP contribution in [0.4, 0.5) is 0 Å². The molecule has 0 heterocycles. The zero-order valence-electron chi connectivity index (χ0n) is 8.55. The van der Waals surface area contributed by atoms with Gasteiger partial charge in [0.05, 0.1) is 0 Å². The lowest BCUT2D eigenvalue weighted by Crippen LogP contribution is -2.00. The van der Waals surface area contributed by atoms with E-state index >= 15 is 0 Å². The molecule has 13 heavy (non-hydrogen) atoms. The van der Waals surface area contributed by atoms with Crippen molar-refractivity contribution in [2.45, 2.75) is 58.3 Å². The normalized spacial score (nSPS) is 9.92. The average Bonchev–Trinajstić information content (AvgIpc) is 2.16. The van der Waals surface area contributed by atoms with E-state index in [2.05, 4.69) is 11.6 Å². The summed E-state index contributed by atoms with van der Waals surface area (Å²) in [7, 11) is 4.70. The van der Waals surface area contributed by atoms with Gasteiger partial charge in [-0.15, -0.1) is 0 Å². The van der Waals surface area contributed by atoms with Gasteiger partial charge in [-0.25, -0.2) is 0 Å². The highest BCUT2D eigenvalue weighted by Gasteiger charge is 1.98. The van der Waals surface area contributed by atoms with Crippen molar-refractivity contribution in [3.8, 4) is 0 Å². The third-order valence-corrected chi connectivity index (χ3v) is 2.12. The predicted octanol–water partition coefficient (Wildman–Crippen LogP) is 2.75. The van der Waals surface area contributed by atoms with E-state index in [1.165, 1.54) is 32.1 Å². The molecule has 3 heteroatoms. The number of unbranched alkanes of at least 4 members (excludes halogenated alkanes) is 6. The maximum absolute atomic E-state index is 10.6. The lowest BCUT2D eigenvalue weighted by molar-refractivity contribution is -0.134. The summed E-state index contributed by atoms with van der Waals surface area (Å²) in [6.07, 6.45) is 8.90. The summed E-state index contributed by atoms with van der Waals surface area (Å²) in [4.78, 5) is 10.6. The van der Waals surface area contributed by atoms with E-state index < -0.39 is 0 Å². The highest BCUT2D eigenvalue weighted by Crippen LogP contribution is 2.08. The molecule has 0 aromatic carbocycles. The molecule has 0 aromatic rings. The molecule has 0 aromatic heterocycles. The highest BCUT2D eigenvalue weighted by atomic mass is 16.5. The Morgan fingerprint density at radius 1 is 1.08 bits per heavy atom. The van der Waals surface area contributed by atoms with Crippen LogP contribution in [-0.4, -0.2) is 14.0 Å². The molecule has 0 aliphatic carbocycles. The average molecular weight is 182 g/mol. The highest BCUT2D eigenvalue weighted by molar-refractivity contribution is 6.05. The molecule has 0 unspecified atom stereocenters. The molecule has 0 fully saturated rings. The van der Waals surface area contributed by atoms with Crippen LogP contribution in [0.3, 0.4) is 0 Å². The van der Waals surface area contributed by atoms with Crippen molar-refractivity contribution >= 4 is 14.0 Å². The van der Waals surface area contributed by atoms with Gasteiger partial charge in [0.1, 0.15) is 0 Å². The van der Waals surface area contributed by atoms with Gasteiger partial charge < -0.3 is 4.65 Å². The maximum atomic E-state index is 10.6. The number of hydrogen-bond donors (Lipinski definition) is 0. The van der Waals surface area contributed by atoms with E-state index in [1.807, 2.05) is 0 Å². The third kappa shape index (κ3) is 9.45. The van der Waals surface area contributed by atoms with E-state index in [0.717, 1.165) is 12.8 Å². The summed E-state index contributed by atoms with van der Waals surface area (Å²) in [5.74, 6) is -0.298. The summed E-state index contributed by atoms with van der Waals surface area (Å²) in [6.45, 7) is 2.21. The Hall–Kier alpha value is -0.465. The Balaban J connectivity index is 2.95. The van der Waals surface area contributed by atoms with Crippen LogP contribution in [0.15, 0.2) is 0 Å². The van der Waals surface area contributed by atoms with Gasteiger partial charge in [-0.05, 0) is 6.42 Å². The van der Waals surface area contributed by atoms with Crippen LogP contribution in [0.2, 0.25) is 0 Å². The first-order valence-corrected chi connectivity index (χ1v) is 5.20. The zero-order valence-corrected chi connectivity index (χ0v) is 8.55. The van der Waals surface area contributed by atoms with Gasteiger partial charge in [-0.2, -0.15) is 0 Å². The second-order valence-electron chi connectivity index (χ2n) is 3.36. The van der Waals surface area contributed by atoms with Gasteiger partial charge in [0.2, 0.25) is 0 Å². The van der Waals surface area contributed by atoms with Gasteiger partial charge in [-0.3, -0.25) is 4.79 Å². The lowest BCUT2D eigenvalue weighted by atomic mass is 10.1. The van der Waals surface area contributed by atoms with Crippen molar-refractivity contribution in [1.82, 2.24) is 0 Å². The molecule has 0 aliphatic heterocycles. The molecule has 74 valence electrons. The monoisotopic (exact) mass is 182 g/mol. The third-order valence-electron chi connectivity index (χ3n) is 2.12. The molecule has 0 N–H and O–H groups in total. The Labute approximate surface area is 82.5 Å². The van der Waals surface area contributed by atoms with Crippen molar-refractivity contribution in [2.24, 2.45) is 0 Å². The van der Waals surface area contributed by atoms with Crippen LogP contribution in [0.5, 0.6) is 0 Å². The molecule has 0 saturated carbocycles. The first kappa shape index (κ1) is 12.5. The molecule has 0 atom stereocenters. The molecule has 0 rings (SSSR count). The molecule has 0 bridgehead atoms. The fraction of sp³-hybridized carbons (Fsp3) is 0.900. The summed E-state index contributed by atoms with van der Waals surface area (Å²) in [6, 6.07) is 0. The topological polar surface area (TPSA) is 26.3 Å². The second kappa shape index (κ2) is 9.62. The van der Waals surface area contributed by atoms with E-state index in [0.29, 0.717) is 6.42 Å². The van der Waals surface area contributed by atoms with Crippen LogP contribution in [0.25, 0.3) is 0 Å². The molecule has 0 amide bonds. The van der Waals surface area contributed by atoms with Crippen LogP contribution in [-0.2, 0) is 9.45 Å². The summed E-state index contributed by atoms with van der Waals surface area (Å²) in [5.41, 5.74) is 0. The largest absolute Gasteiger partial charge is 0.543 e. The van der Waals surface area contributed by atoms with Crippen molar-refractivity contribution < 1.29 is 9.45 Å². The molecule has 0 spiro atoms. The first-order valence-electron chi connectivity index (χ1n) is 5.20. The first-order chi connectivity index (χ1) is 6.31. The number of carbonyl (C=O) groups excluding carboxylic acids is 1. The van der Waals surface area contributed by atoms with Crippen molar-refractivity contribution in [2.75, 3.05) is 0 Å². The molecular weight excluding hydrogens is 163 g/mol. The fourth-order valence-electron chi connectivity index (χ4n) is 1.29. The van der Waals surface area contributed by atoms with Gasteiger partial charge in [-0.1, -0.05) is 45.4 Å².